The van der Waals surface area contributed by atoms with Crippen molar-refractivity contribution in [2.24, 2.45) is 5.73 Å². The topological polar surface area (TPSA) is 44.5 Å². The quantitative estimate of drug-likeness (QED) is 0.827. The van der Waals surface area contributed by atoms with Crippen LogP contribution in [0.4, 0.5) is 0 Å². The first-order chi connectivity index (χ1) is 7.95. The minimum atomic E-state index is -0.480. The van der Waals surface area contributed by atoms with Crippen LogP contribution >= 0.6 is 0 Å². The van der Waals surface area contributed by atoms with E-state index in [9.17, 15) is 0 Å². The second-order valence-corrected chi connectivity index (χ2v) is 4.75. The Balaban J connectivity index is 2.82. The fraction of sp³-hybridized carbons (Fsp3) is 0.571. The summed E-state index contributed by atoms with van der Waals surface area (Å²) in [7, 11) is 0. The average molecular weight is 237 g/mol. The Hall–Kier alpha value is -1.06. The minimum absolute atomic E-state index is 0.168. The van der Waals surface area contributed by atoms with Crippen molar-refractivity contribution < 1.29 is 9.47 Å². The van der Waals surface area contributed by atoms with Crippen LogP contribution in [0, 0.1) is 0 Å². The molecule has 0 saturated heterocycles. The van der Waals surface area contributed by atoms with E-state index in [0.717, 1.165) is 11.3 Å². The van der Waals surface area contributed by atoms with Gasteiger partial charge in [0.25, 0.3) is 0 Å². The molecule has 0 fully saturated rings. The standard InChI is InChI=1S/C14H23NO2/c1-5-16-10-14(4,15)12-7-6-8-13(9-12)17-11(2)3/h6-9,11H,5,10,15H2,1-4H3. The van der Waals surface area contributed by atoms with Gasteiger partial charge in [0.1, 0.15) is 5.75 Å². The summed E-state index contributed by atoms with van der Waals surface area (Å²) in [6.45, 7) is 9.14. The molecule has 1 rings (SSSR count). The molecular weight excluding hydrogens is 214 g/mol. The highest BCUT2D eigenvalue weighted by atomic mass is 16.5. The van der Waals surface area contributed by atoms with E-state index in [0.29, 0.717) is 13.2 Å². The van der Waals surface area contributed by atoms with E-state index in [1.165, 1.54) is 0 Å². The third kappa shape index (κ3) is 4.36. The molecule has 3 heteroatoms. The number of ether oxygens (including phenoxy) is 2. The number of nitrogens with two attached hydrogens (primary N) is 1. The van der Waals surface area contributed by atoms with Gasteiger partial charge in [-0.1, -0.05) is 12.1 Å². The maximum Gasteiger partial charge on any atom is 0.120 e. The van der Waals surface area contributed by atoms with E-state index in [1.807, 2.05) is 52.0 Å². The summed E-state index contributed by atoms with van der Waals surface area (Å²) in [5.74, 6) is 0.852. The zero-order valence-electron chi connectivity index (χ0n) is 11.2. The van der Waals surface area contributed by atoms with Crippen molar-refractivity contribution in [2.75, 3.05) is 13.2 Å². The highest BCUT2D eigenvalue weighted by Crippen LogP contribution is 2.23. The van der Waals surface area contributed by atoms with Crippen LogP contribution in [0.3, 0.4) is 0 Å². The van der Waals surface area contributed by atoms with Crippen molar-refractivity contribution in [2.45, 2.75) is 39.3 Å². The highest BCUT2D eigenvalue weighted by Gasteiger charge is 2.21. The molecule has 1 unspecified atom stereocenters. The summed E-state index contributed by atoms with van der Waals surface area (Å²) in [6.07, 6.45) is 0.168. The van der Waals surface area contributed by atoms with Crippen molar-refractivity contribution in [3.8, 4) is 5.75 Å². The van der Waals surface area contributed by atoms with Gasteiger partial charge in [0.15, 0.2) is 0 Å². The van der Waals surface area contributed by atoms with E-state index in [4.69, 9.17) is 15.2 Å². The van der Waals surface area contributed by atoms with Crippen LogP contribution in [0.25, 0.3) is 0 Å². The Kier molecular flexibility index (Phi) is 4.97. The minimum Gasteiger partial charge on any atom is -0.491 e. The monoisotopic (exact) mass is 237 g/mol. The smallest absolute Gasteiger partial charge is 0.120 e. The zero-order chi connectivity index (χ0) is 12.9. The molecule has 0 radical (unpaired) electrons. The lowest BCUT2D eigenvalue weighted by Gasteiger charge is -2.25. The van der Waals surface area contributed by atoms with Crippen LogP contribution in [-0.2, 0) is 10.3 Å². The summed E-state index contributed by atoms with van der Waals surface area (Å²) in [5.41, 5.74) is 6.80. The third-order valence-corrected chi connectivity index (χ3v) is 2.47. The fourth-order valence-electron chi connectivity index (χ4n) is 1.59. The van der Waals surface area contributed by atoms with Crippen molar-refractivity contribution in [1.29, 1.82) is 0 Å². The predicted octanol–water partition coefficient (Wildman–Crippen LogP) is 2.68. The molecule has 1 aromatic rings. The van der Waals surface area contributed by atoms with Gasteiger partial charge in [-0.05, 0) is 45.4 Å². The number of rotatable bonds is 6. The van der Waals surface area contributed by atoms with E-state index < -0.39 is 5.54 Å². The van der Waals surface area contributed by atoms with Gasteiger partial charge in [0.05, 0.1) is 18.2 Å². The molecule has 0 bridgehead atoms. The summed E-state index contributed by atoms with van der Waals surface area (Å²) < 4.78 is 11.1. The lowest BCUT2D eigenvalue weighted by atomic mass is 9.94. The Morgan fingerprint density at radius 2 is 2.06 bits per heavy atom. The molecule has 0 spiro atoms. The first kappa shape index (κ1) is 14.0. The first-order valence-electron chi connectivity index (χ1n) is 6.09. The second kappa shape index (κ2) is 6.03. The summed E-state index contributed by atoms with van der Waals surface area (Å²) in [6, 6.07) is 7.90. The van der Waals surface area contributed by atoms with E-state index in [1.54, 1.807) is 0 Å². The molecule has 0 aliphatic rings. The van der Waals surface area contributed by atoms with Gasteiger partial charge in [0.2, 0.25) is 0 Å². The Morgan fingerprint density at radius 3 is 2.65 bits per heavy atom. The molecule has 3 nitrogen and oxygen atoms in total. The van der Waals surface area contributed by atoms with E-state index in [-0.39, 0.29) is 6.10 Å². The zero-order valence-corrected chi connectivity index (χ0v) is 11.2. The largest absolute Gasteiger partial charge is 0.491 e. The van der Waals surface area contributed by atoms with Gasteiger partial charge in [-0.25, -0.2) is 0 Å². The number of hydrogen-bond donors (Lipinski definition) is 1. The molecule has 1 atom stereocenters. The van der Waals surface area contributed by atoms with Crippen LogP contribution in [0.5, 0.6) is 5.75 Å². The van der Waals surface area contributed by atoms with Crippen LogP contribution in [0.15, 0.2) is 24.3 Å². The van der Waals surface area contributed by atoms with Gasteiger partial charge in [-0.2, -0.15) is 0 Å². The van der Waals surface area contributed by atoms with Crippen LogP contribution in [0.1, 0.15) is 33.3 Å². The van der Waals surface area contributed by atoms with Gasteiger partial charge in [0, 0.05) is 6.61 Å². The molecule has 96 valence electrons. The maximum atomic E-state index is 6.24. The molecule has 0 aromatic heterocycles. The molecule has 0 heterocycles. The molecule has 2 N–H and O–H groups in total. The van der Waals surface area contributed by atoms with Crippen LogP contribution < -0.4 is 10.5 Å². The third-order valence-electron chi connectivity index (χ3n) is 2.47. The first-order valence-corrected chi connectivity index (χ1v) is 6.09. The maximum absolute atomic E-state index is 6.24. The molecular formula is C14H23NO2. The molecule has 0 aliphatic carbocycles. The number of hydrogen-bond acceptors (Lipinski definition) is 3. The van der Waals surface area contributed by atoms with Gasteiger partial charge in [-0.3, -0.25) is 0 Å². The fourth-order valence-corrected chi connectivity index (χ4v) is 1.59. The summed E-state index contributed by atoms with van der Waals surface area (Å²) in [5, 5.41) is 0. The van der Waals surface area contributed by atoms with Gasteiger partial charge < -0.3 is 15.2 Å². The summed E-state index contributed by atoms with van der Waals surface area (Å²) in [4.78, 5) is 0. The van der Waals surface area contributed by atoms with E-state index >= 15 is 0 Å². The van der Waals surface area contributed by atoms with Crippen molar-refractivity contribution >= 4 is 0 Å². The lowest BCUT2D eigenvalue weighted by molar-refractivity contribution is 0.101. The van der Waals surface area contributed by atoms with Crippen LogP contribution in [0.2, 0.25) is 0 Å². The van der Waals surface area contributed by atoms with Crippen molar-refractivity contribution in [3.63, 3.8) is 0 Å². The molecule has 17 heavy (non-hydrogen) atoms. The van der Waals surface area contributed by atoms with Gasteiger partial charge >= 0.3 is 0 Å². The highest BCUT2D eigenvalue weighted by molar-refractivity contribution is 5.33. The molecule has 0 saturated carbocycles. The Bertz CT molecular complexity index is 348. The second-order valence-electron chi connectivity index (χ2n) is 4.75. The molecule has 1 aromatic carbocycles. The van der Waals surface area contributed by atoms with Crippen molar-refractivity contribution in [1.82, 2.24) is 0 Å². The predicted molar refractivity (Wildman–Crippen MR) is 70.2 cm³/mol. The Labute approximate surface area is 104 Å². The van der Waals surface area contributed by atoms with Crippen LogP contribution in [-0.4, -0.2) is 19.3 Å². The normalized spacial score (nSPS) is 14.7. The average Bonchev–Trinajstić information content (AvgIpc) is 2.26. The molecule has 0 amide bonds. The molecule has 0 aliphatic heterocycles. The number of benzene rings is 1. The lowest BCUT2D eigenvalue weighted by Crippen LogP contribution is -2.38. The summed E-state index contributed by atoms with van der Waals surface area (Å²) >= 11 is 0. The van der Waals surface area contributed by atoms with Gasteiger partial charge in [-0.15, -0.1) is 0 Å². The van der Waals surface area contributed by atoms with Crippen molar-refractivity contribution in [3.05, 3.63) is 29.8 Å². The Morgan fingerprint density at radius 1 is 1.35 bits per heavy atom. The van der Waals surface area contributed by atoms with E-state index in [2.05, 4.69) is 0 Å². The SMILES string of the molecule is CCOCC(C)(N)c1cccc(OC(C)C)c1.